The first-order chi connectivity index (χ1) is 16.1. The summed E-state index contributed by atoms with van der Waals surface area (Å²) in [6.07, 6.45) is 11.5. The molecule has 0 saturated heterocycles. The van der Waals surface area contributed by atoms with Gasteiger partial charge < -0.3 is 19.6 Å². The molecular formula is C27H28ClN3O3. The number of fused-ring (bicyclic) bond motifs is 5. The maximum absolute atomic E-state index is 12.9. The van der Waals surface area contributed by atoms with Gasteiger partial charge in [-0.3, -0.25) is 4.79 Å². The van der Waals surface area contributed by atoms with Crippen molar-refractivity contribution < 1.29 is 14.3 Å². The van der Waals surface area contributed by atoms with Crippen molar-refractivity contribution in [3.05, 3.63) is 66.2 Å². The zero-order chi connectivity index (χ0) is 22.4. The Morgan fingerprint density at radius 3 is 2.76 bits per heavy atom. The predicted octanol–water partition coefficient (Wildman–Crippen LogP) is 5.73. The van der Waals surface area contributed by atoms with Crippen LogP contribution in [0.15, 0.2) is 55.1 Å². The third kappa shape index (κ3) is 3.91. The molecule has 3 aromatic heterocycles. The number of rotatable bonds is 4. The van der Waals surface area contributed by atoms with Crippen LogP contribution in [0.5, 0.6) is 0 Å². The van der Waals surface area contributed by atoms with Gasteiger partial charge in [0.25, 0.3) is 0 Å². The molecule has 7 heteroatoms. The summed E-state index contributed by atoms with van der Waals surface area (Å²) in [6.45, 7) is 0.952. The van der Waals surface area contributed by atoms with E-state index in [4.69, 9.17) is 20.2 Å². The molecule has 0 radical (unpaired) electrons. The number of hydrogen-bond donors (Lipinski definition) is 1. The lowest BCUT2D eigenvalue weighted by molar-refractivity contribution is -0.140. The number of nitrogens with zero attached hydrogens (tertiary/aromatic N) is 2. The molecule has 176 valence electrons. The van der Waals surface area contributed by atoms with Crippen LogP contribution in [0.1, 0.15) is 49.7 Å². The van der Waals surface area contributed by atoms with Gasteiger partial charge in [0.1, 0.15) is 12.9 Å². The smallest absolute Gasteiger partial charge is 0.311 e. The number of nitrogens with two attached hydrogens (primary N) is 1. The van der Waals surface area contributed by atoms with Gasteiger partial charge in [0.05, 0.1) is 23.0 Å². The van der Waals surface area contributed by atoms with E-state index in [2.05, 4.69) is 28.8 Å². The first kappa shape index (κ1) is 22.7. The van der Waals surface area contributed by atoms with Gasteiger partial charge in [-0.15, -0.1) is 12.4 Å². The molecule has 0 bridgehead atoms. The molecule has 34 heavy (non-hydrogen) atoms. The van der Waals surface area contributed by atoms with E-state index in [1.54, 1.807) is 6.26 Å². The Morgan fingerprint density at radius 1 is 1.12 bits per heavy atom. The van der Waals surface area contributed by atoms with Gasteiger partial charge in [0, 0.05) is 34.3 Å². The fourth-order valence-corrected chi connectivity index (χ4v) is 5.41. The van der Waals surface area contributed by atoms with Crippen LogP contribution in [0.4, 0.5) is 0 Å². The van der Waals surface area contributed by atoms with Gasteiger partial charge >= 0.3 is 5.97 Å². The molecule has 4 heterocycles. The van der Waals surface area contributed by atoms with Crippen molar-refractivity contribution in [3.63, 3.8) is 0 Å². The van der Waals surface area contributed by atoms with Crippen LogP contribution in [0.25, 0.3) is 33.1 Å². The summed E-state index contributed by atoms with van der Waals surface area (Å²) in [4.78, 5) is 17.8. The molecule has 0 unspecified atom stereocenters. The first-order valence-electron chi connectivity index (χ1n) is 11.7. The third-order valence-corrected chi connectivity index (χ3v) is 7.26. The highest BCUT2D eigenvalue weighted by atomic mass is 35.5. The molecule has 1 aliphatic carbocycles. The third-order valence-electron chi connectivity index (χ3n) is 7.26. The summed E-state index contributed by atoms with van der Waals surface area (Å²) in [7, 11) is 0. The van der Waals surface area contributed by atoms with Crippen molar-refractivity contribution in [2.45, 2.75) is 45.1 Å². The quantitative estimate of drug-likeness (QED) is 0.379. The number of para-hydroxylation sites is 1. The Bertz CT molecular complexity index is 1420. The number of aromatic nitrogens is 2. The van der Waals surface area contributed by atoms with Crippen molar-refractivity contribution >= 4 is 51.5 Å². The number of benzene rings is 1. The standard InChI is InChI=1S/C27H27N3O3.ClH/c28-17-27(8-4-1-5-9-27)12-25(31)33-24-16-32-15-20-14-30-13-19-10-18-6-2-3-7-22(18)29-26(19)23(30)11-21(20)24;/h2-3,6-7,10-11,13-14,16H,1,4-5,8-9,12,15,17,28H2;1H. The van der Waals surface area contributed by atoms with E-state index in [-0.39, 0.29) is 23.8 Å². The highest BCUT2D eigenvalue weighted by molar-refractivity contribution is 6.01. The van der Waals surface area contributed by atoms with Crippen LogP contribution in [0.3, 0.4) is 0 Å². The molecular weight excluding hydrogens is 450 g/mol. The lowest BCUT2D eigenvalue weighted by Crippen LogP contribution is -2.35. The molecule has 2 aliphatic rings. The van der Waals surface area contributed by atoms with E-state index in [1.165, 1.54) is 6.42 Å². The molecule has 6 nitrogen and oxygen atoms in total. The Balaban J connectivity index is 0.00000241. The van der Waals surface area contributed by atoms with Gasteiger partial charge in [-0.25, -0.2) is 4.98 Å². The number of halogens is 1. The van der Waals surface area contributed by atoms with E-state index in [9.17, 15) is 4.79 Å². The van der Waals surface area contributed by atoms with Crippen LogP contribution in [-0.4, -0.2) is 21.9 Å². The van der Waals surface area contributed by atoms with E-state index < -0.39 is 0 Å². The highest BCUT2D eigenvalue weighted by Gasteiger charge is 2.34. The number of carbonyl (C=O) groups excluding carboxylic acids is 1. The maximum Gasteiger partial charge on any atom is 0.311 e. The second-order valence-electron chi connectivity index (χ2n) is 9.46. The van der Waals surface area contributed by atoms with Gasteiger partial charge in [-0.2, -0.15) is 0 Å². The Labute approximate surface area is 204 Å². The molecule has 6 rings (SSSR count). The number of ether oxygens (including phenoxy) is 2. The van der Waals surface area contributed by atoms with Crippen LogP contribution in [-0.2, 0) is 20.9 Å². The monoisotopic (exact) mass is 477 g/mol. The van der Waals surface area contributed by atoms with Crippen LogP contribution in [0.2, 0.25) is 0 Å². The Morgan fingerprint density at radius 2 is 1.94 bits per heavy atom. The largest absolute Gasteiger partial charge is 0.493 e. The first-order valence-corrected chi connectivity index (χ1v) is 11.7. The second-order valence-corrected chi connectivity index (χ2v) is 9.46. The van der Waals surface area contributed by atoms with Crippen molar-refractivity contribution in [2.75, 3.05) is 6.54 Å². The minimum atomic E-state index is -0.241. The van der Waals surface area contributed by atoms with E-state index in [1.807, 2.05) is 24.4 Å². The zero-order valence-electron chi connectivity index (χ0n) is 19.0. The second kappa shape index (κ2) is 8.93. The minimum absolute atomic E-state index is 0. The normalized spacial score (nSPS) is 17.0. The molecule has 2 N–H and O–H groups in total. The van der Waals surface area contributed by atoms with Crippen molar-refractivity contribution in [1.82, 2.24) is 9.38 Å². The lowest BCUT2D eigenvalue weighted by atomic mass is 9.72. The topological polar surface area (TPSA) is 78.9 Å². The number of esters is 1. The Hall–Kier alpha value is -3.09. The summed E-state index contributed by atoms with van der Waals surface area (Å²) < 4.78 is 13.6. The number of pyridine rings is 2. The van der Waals surface area contributed by atoms with E-state index >= 15 is 0 Å². The van der Waals surface area contributed by atoms with Crippen LogP contribution in [0, 0.1) is 5.41 Å². The number of carbonyl (C=O) groups is 1. The van der Waals surface area contributed by atoms with Gasteiger partial charge in [0.2, 0.25) is 0 Å². The highest BCUT2D eigenvalue weighted by Crippen LogP contribution is 2.39. The minimum Gasteiger partial charge on any atom is -0.493 e. The zero-order valence-corrected chi connectivity index (χ0v) is 19.8. The summed E-state index contributed by atoms with van der Waals surface area (Å²) >= 11 is 0. The summed E-state index contributed by atoms with van der Waals surface area (Å²) in [5.74, 6) is 0.219. The van der Waals surface area contributed by atoms with Crippen molar-refractivity contribution in [1.29, 1.82) is 0 Å². The average molecular weight is 478 g/mol. The molecule has 4 aromatic rings. The predicted molar refractivity (Wildman–Crippen MR) is 135 cm³/mol. The van der Waals surface area contributed by atoms with E-state index in [0.717, 1.165) is 64.1 Å². The summed E-state index contributed by atoms with van der Waals surface area (Å²) in [5, 5.41) is 2.18. The molecule has 1 aromatic carbocycles. The molecule has 1 saturated carbocycles. The van der Waals surface area contributed by atoms with Crippen LogP contribution >= 0.6 is 12.4 Å². The molecule has 1 aliphatic heterocycles. The molecule has 0 spiro atoms. The van der Waals surface area contributed by atoms with Gasteiger partial charge in [-0.1, -0.05) is 37.5 Å². The fraction of sp³-hybridized carbons (Fsp3) is 0.333. The number of hydrogen-bond acceptors (Lipinski definition) is 5. The molecule has 1 fully saturated rings. The molecule has 0 amide bonds. The fourth-order valence-electron chi connectivity index (χ4n) is 5.41. The molecule has 0 atom stereocenters. The van der Waals surface area contributed by atoms with Crippen molar-refractivity contribution in [2.24, 2.45) is 11.1 Å². The van der Waals surface area contributed by atoms with E-state index in [0.29, 0.717) is 25.3 Å². The Kier molecular flexibility index (Phi) is 5.96. The maximum atomic E-state index is 12.9. The van der Waals surface area contributed by atoms with Crippen molar-refractivity contribution in [3.8, 4) is 0 Å². The lowest BCUT2D eigenvalue weighted by Gasteiger charge is -2.35. The average Bonchev–Trinajstić information content (AvgIpc) is 3.18. The van der Waals surface area contributed by atoms with Gasteiger partial charge in [0.15, 0.2) is 5.76 Å². The van der Waals surface area contributed by atoms with Crippen LogP contribution < -0.4 is 5.73 Å². The van der Waals surface area contributed by atoms with Gasteiger partial charge in [-0.05, 0) is 43.0 Å². The summed E-state index contributed by atoms with van der Waals surface area (Å²) in [6, 6.07) is 12.3. The SMILES string of the molecule is Cl.NCC1(CC(=O)OC2=COCc3cn4cc5cc6ccccc6nc5c4cc32)CCCCC1. The summed E-state index contributed by atoms with van der Waals surface area (Å²) in [5.41, 5.74) is 10.7.